The number of hydrogen-bond acceptors (Lipinski definition) is 4. The number of nitrogens with two attached hydrogens (primary N) is 1. The van der Waals surface area contributed by atoms with Crippen LogP contribution in [0.4, 0.5) is 0 Å². The fourth-order valence-electron chi connectivity index (χ4n) is 3.56. The molecule has 144 valence electrons. The number of amides is 1. The lowest BCUT2D eigenvalue weighted by atomic mass is 10.0. The lowest BCUT2D eigenvalue weighted by Crippen LogP contribution is -2.10. The molecule has 0 fully saturated rings. The normalized spacial score (nSPS) is 10.9. The molecule has 5 rings (SSSR count). The zero-order chi connectivity index (χ0) is 20.5. The summed E-state index contributed by atoms with van der Waals surface area (Å²) >= 11 is 0. The maximum absolute atomic E-state index is 11.4. The third-order valence-corrected chi connectivity index (χ3v) is 5.04. The summed E-state index contributed by atoms with van der Waals surface area (Å²) in [4.78, 5) is 24.7. The van der Waals surface area contributed by atoms with Crippen molar-refractivity contribution in [2.24, 2.45) is 5.73 Å². The van der Waals surface area contributed by atoms with Crippen LogP contribution in [0, 0.1) is 0 Å². The fraction of sp³-hybridized carbons (Fsp3) is 0. The Morgan fingerprint density at radius 2 is 1.70 bits per heavy atom. The Balaban J connectivity index is 1.61. The molecule has 1 amide bonds. The molecule has 3 heterocycles. The SMILES string of the molecule is NC(=O)c1ccc(-c2nccc3c(-n4cnc(-c5cccnc5)c4)cccc23)cc1. The molecule has 0 aliphatic rings. The predicted molar refractivity (Wildman–Crippen MR) is 116 cm³/mol. The molecule has 0 radical (unpaired) electrons. The van der Waals surface area contributed by atoms with E-state index in [1.165, 1.54) is 0 Å². The summed E-state index contributed by atoms with van der Waals surface area (Å²) in [7, 11) is 0. The van der Waals surface area contributed by atoms with Gasteiger partial charge in [-0.3, -0.25) is 14.8 Å². The molecular formula is C24H17N5O. The van der Waals surface area contributed by atoms with Gasteiger partial charge in [-0.05, 0) is 36.4 Å². The molecule has 5 aromatic rings. The second-order valence-corrected chi connectivity index (χ2v) is 6.88. The van der Waals surface area contributed by atoms with Gasteiger partial charge in [0, 0.05) is 52.3 Å². The van der Waals surface area contributed by atoms with Crippen molar-refractivity contribution in [3.63, 3.8) is 0 Å². The summed E-state index contributed by atoms with van der Waals surface area (Å²) in [6.07, 6.45) is 9.14. The van der Waals surface area contributed by atoms with Crippen LogP contribution in [0.3, 0.4) is 0 Å². The number of carbonyl (C=O) groups excluding carboxylic acids is 1. The third-order valence-electron chi connectivity index (χ3n) is 5.04. The molecule has 0 aliphatic heterocycles. The molecule has 0 saturated carbocycles. The number of aromatic nitrogens is 4. The zero-order valence-electron chi connectivity index (χ0n) is 15.9. The Morgan fingerprint density at radius 1 is 0.833 bits per heavy atom. The minimum absolute atomic E-state index is 0.445. The van der Waals surface area contributed by atoms with Crippen molar-refractivity contribution in [3.05, 3.63) is 97.3 Å². The molecule has 2 N–H and O–H groups in total. The third kappa shape index (κ3) is 3.10. The molecular weight excluding hydrogens is 374 g/mol. The minimum Gasteiger partial charge on any atom is -0.366 e. The molecule has 0 unspecified atom stereocenters. The van der Waals surface area contributed by atoms with Crippen molar-refractivity contribution in [2.45, 2.75) is 0 Å². The van der Waals surface area contributed by atoms with E-state index >= 15 is 0 Å². The summed E-state index contributed by atoms with van der Waals surface area (Å²) in [5.74, 6) is -0.445. The van der Waals surface area contributed by atoms with Gasteiger partial charge in [-0.25, -0.2) is 4.98 Å². The average Bonchev–Trinajstić information content (AvgIpc) is 3.29. The fourth-order valence-corrected chi connectivity index (χ4v) is 3.56. The Kier molecular flexibility index (Phi) is 4.29. The van der Waals surface area contributed by atoms with Gasteiger partial charge in [-0.1, -0.05) is 24.3 Å². The van der Waals surface area contributed by atoms with E-state index < -0.39 is 5.91 Å². The van der Waals surface area contributed by atoms with Crippen LogP contribution in [0.2, 0.25) is 0 Å². The van der Waals surface area contributed by atoms with E-state index in [0.29, 0.717) is 5.56 Å². The van der Waals surface area contributed by atoms with E-state index in [0.717, 1.165) is 39.0 Å². The Hall–Kier alpha value is -4.32. The summed E-state index contributed by atoms with van der Waals surface area (Å²) < 4.78 is 2.00. The quantitative estimate of drug-likeness (QED) is 0.496. The standard InChI is InChI=1S/C24H17N5O/c25-24(30)17-8-6-16(7-9-17)23-20-4-1-5-22(19(20)10-12-27-23)29-14-21(28-15-29)18-3-2-11-26-13-18/h1-15H,(H2,25,30). The molecule has 6 nitrogen and oxygen atoms in total. The van der Waals surface area contributed by atoms with Gasteiger partial charge in [0.15, 0.2) is 0 Å². The number of benzene rings is 2. The maximum atomic E-state index is 11.4. The first-order chi connectivity index (χ1) is 14.7. The minimum atomic E-state index is -0.445. The van der Waals surface area contributed by atoms with E-state index in [4.69, 9.17) is 5.73 Å². The number of pyridine rings is 2. The van der Waals surface area contributed by atoms with E-state index in [2.05, 4.69) is 21.0 Å². The highest BCUT2D eigenvalue weighted by Crippen LogP contribution is 2.31. The molecule has 0 bridgehead atoms. The van der Waals surface area contributed by atoms with E-state index in [-0.39, 0.29) is 0 Å². The van der Waals surface area contributed by atoms with Crippen LogP contribution < -0.4 is 5.73 Å². The summed E-state index contributed by atoms with van der Waals surface area (Å²) in [5, 5.41) is 2.06. The highest BCUT2D eigenvalue weighted by Gasteiger charge is 2.11. The topological polar surface area (TPSA) is 86.7 Å². The van der Waals surface area contributed by atoms with Crippen LogP contribution in [-0.4, -0.2) is 25.4 Å². The van der Waals surface area contributed by atoms with Gasteiger partial charge in [0.05, 0.1) is 23.4 Å². The van der Waals surface area contributed by atoms with Gasteiger partial charge >= 0.3 is 0 Å². The highest BCUT2D eigenvalue weighted by molar-refractivity contribution is 6.00. The molecule has 0 atom stereocenters. The van der Waals surface area contributed by atoms with E-state index in [1.54, 1.807) is 37.1 Å². The predicted octanol–water partition coefficient (Wildman–Crippen LogP) is 4.25. The average molecular weight is 391 g/mol. The number of hydrogen-bond donors (Lipinski definition) is 1. The van der Waals surface area contributed by atoms with Crippen molar-refractivity contribution in [1.82, 2.24) is 19.5 Å². The van der Waals surface area contributed by atoms with Crippen molar-refractivity contribution in [2.75, 3.05) is 0 Å². The van der Waals surface area contributed by atoms with Gasteiger partial charge < -0.3 is 10.3 Å². The molecule has 0 spiro atoms. The first-order valence-electron chi connectivity index (χ1n) is 9.43. The monoisotopic (exact) mass is 391 g/mol. The van der Waals surface area contributed by atoms with Gasteiger partial charge in [0.2, 0.25) is 5.91 Å². The summed E-state index contributed by atoms with van der Waals surface area (Å²) in [5.41, 5.74) is 10.4. The number of carbonyl (C=O) groups is 1. The molecule has 3 aromatic heterocycles. The lowest BCUT2D eigenvalue weighted by Gasteiger charge is -2.11. The van der Waals surface area contributed by atoms with Crippen molar-refractivity contribution in [3.8, 4) is 28.2 Å². The summed E-state index contributed by atoms with van der Waals surface area (Å²) in [6.45, 7) is 0. The Labute approximate surface area is 172 Å². The number of imidazole rings is 1. The first kappa shape index (κ1) is 17.8. The second kappa shape index (κ2) is 7.25. The largest absolute Gasteiger partial charge is 0.366 e. The van der Waals surface area contributed by atoms with Crippen LogP contribution in [0.15, 0.2) is 91.8 Å². The van der Waals surface area contributed by atoms with Crippen molar-refractivity contribution in [1.29, 1.82) is 0 Å². The van der Waals surface area contributed by atoms with E-state index in [1.807, 2.05) is 53.2 Å². The lowest BCUT2D eigenvalue weighted by molar-refractivity contribution is 0.100. The van der Waals surface area contributed by atoms with E-state index in [9.17, 15) is 4.79 Å². The second-order valence-electron chi connectivity index (χ2n) is 6.88. The van der Waals surface area contributed by atoms with Crippen molar-refractivity contribution < 1.29 is 4.79 Å². The number of nitrogens with zero attached hydrogens (tertiary/aromatic N) is 4. The Morgan fingerprint density at radius 3 is 2.47 bits per heavy atom. The van der Waals surface area contributed by atoms with Crippen LogP contribution in [0.25, 0.3) is 39.0 Å². The number of rotatable bonds is 4. The maximum Gasteiger partial charge on any atom is 0.248 e. The highest BCUT2D eigenvalue weighted by atomic mass is 16.1. The molecule has 0 aliphatic carbocycles. The Bertz CT molecular complexity index is 1360. The van der Waals surface area contributed by atoms with Crippen LogP contribution in [0.5, 0.6) is 0 Å². The summed E-state index contributed by atoms with van der Waals surface area (Å²) in [6, 6.07) is 19.2. The zero-order valence-corrected chi connectivity index (χ0v) is 15.9. The van der Waals surface area contributed by atoms with Gasteiger partial charge in [0.1, 0.15) is 0 Å². The smallest absolute Gasteiger partial charge is 0.248 e. The number of fused-ring (bicyclic) bond motifs is 1. The number of primary amides is 1. The first-order valence-corrected chi connectivity index (χ1v) is 9.43. The van der Waals surface area contributed by atoms with Crippen LogP contribution >= 0.6 is 0 Å². The van der Waals surface area contributed by atoms with Crippen LogP contribution in [0.1, 0.15) is 10.4 Å². The molecule has 0 saturated heterocycles. The van der Waals surface area contributed by atoms with Gasteiger partial charge in [-0.2, -0.15) is 0 Å². The van der Waals surface area contributed by atoms with Crippen molar-refractivity contribution >= 4 is 16.7 Å². The van der Waals surface area contributed by atoms with Crippen LogP contribution in [-0.2, 0) is 0 Å². The molecule has 6 heteroatoms. The molecule has 2 aromatic carbocycles. The van der Waals surface area contributed by atoms with Gasteiger partial charge in [0.25, 0.3) is 0 Å². The van der Waals surface area contributed by atoms with Gasteiger partial charge in [-0.15, -0.1) is 0 Å². The molecule has 30 heavy (non-hydrogen) atoms.